The van der Waals surface area contributed by atoms with E-state index in [-0.39, 0.29) is 0 Å². The zero-order valence-corrected chi connectivity index (χ0v) is 15.3. The van der Waals surface area contributed by atoms with Gasteiger partial charge in [0.25, 0.3) is 0 Å². The molecule has 132 valence electrons. The van der Waals surface area contributed by atoms with Crippen molar-refractivity contribution in [3.8, 4) is 0 Å². The second kappa shape index (κ2) is 6.96. The summed E-state index contributed by atoms with van der Waals surface area (Å²) in [4.78, 5) is 5.03. The molecule has 4 heteroatoms. The van der Waals surface area contributed by atoms with Gasteiger partial charge in [-0.2, -0.15) is 0 Å². The van der Waals surface area contributed by atoms with Crippen LogP contribution in [-0.4, -0.2) is 43.9 Å². The maximum absolute atomic E-state index is 2.54. The van der Waals surface area contributed by atoms with Crippen LogP contribution in [0.25, 0.3) is 0 Å². The highest BCUT2D eigenvalue weighted by Crippen LogP contribution is 2.40. The average Bonchev–Trinajstić information content (AvgIpc) is 2.95. The normalized spacial score (nSPS) is 20.9. The zero-order valence-electron chi connectivity index (χ0n) is 15.3. The van der Waals surface area contributed by atoms with Crippen molar-refractivity contribution < 1.29 is 0 Å². The molecule has 0 spiro atoms. The number of hydrogen-bond donors (Lipinski definition) is 0. The Hall–Kier alpha value is -2.20. The van der Waals surface area contributed by atoms with E-state index in [2.05, 4.69) is 88.3 Å². The third-order valence-electron chi connectivity index (χ3n) is 5.39. The van der Waals surface area contributed by atoms with Crippen LogP contribution in [0.15, 0.2) is 54.6 Å². The van der Waals surface area contributed by atoms with E-state index in [1.54, 1.807) is 0 Å². The van der Waals surface area contributed by atoms with Crippen molar-refractivity contribution in [2.45, 2.75) is 26.4 Å². The van der Waals surface area contributed by atoms with Crippen LogP contribution in [0.2, 0.25) is 0 Å². The lowest BCUT2D eigenvalue weighted by atomic mass is 10.2. The lowest BCUT2D eigenvalue weighted by Gasteiger charge is -2.43. The van der Waals surface area contributed by atoms with E-state index in [9.17, 15) is 0 Å². The summed E-state index contributed by atoms with van der Waals surface area (Å²) in [5.74, 6) is 0. The van der Waals surface area contributed by atoms with Gasteiger partial charge in [-0.1, -0.05) is 37.3 Å². The van der Waals surface area contributed by atoms with Crippen LogP contribution in [0.4, 0.5) is 17.1 Å². The predicted molar refractivity (Wildman–Crippen MR) is 106 cm³/mol. The first-order chi connectivity index (χ1) is 12.3. The topological polar surface area (TPSA) is 13.0 Å². The molecule has 2 aliphatic rings. The minimum absolute atomic E-state index is 0.389. The molecule has 1 saturated heterocycles. The van der Waals surface area contributed by atoms with Crippen LogP contribution in [0.3, 0.4) is 0 Å². The van der Waals surface area contributed by atoms with Gasteiger partial charge in [-0.15, -0.1) is 0 Å². The SMILES string of the molecule is CCCN1c2ccccc2N(N2CCN(c3ccccc3)CC2)C1C. The largest absolute Gasteiger partial charge is 0.369 e. The van der Waals surface area contributed by atoms with Crippen molar-refractivity contribution in [1.82, 2.24) is 5.01 Å². The smallest absolute Gasteiger partial charge is 0.114 e. The Balaban J connectivity index is 1.51. The van der Waals surface area contributed by atoms with Crippen molar-refractivity contribution in [3.05, 3.63) is 54.6 Å². The number of nitrogens with zero attached hydrogens (tertiary/aromatic N) is 4. The monoisotopic (exact) mass is 336 g/mol. The van der Waals surface area contributed by atoms with Gasteiger partial charge < -0.3 is 9.80 Å². The number of piperazine rings is 1. The molecule has 0 radical (unpaired) electrons. The van der Waals surface area contributed by atoms with E-state index < -0.39 is 0 Å². The van der Waals surface area contributed by atoms with Crippen molar-refractivity contribution in [3.63, 3.8) is 0 Å². The predicted octanol–water partition coefficient (Wildman–Crippen LogP) is 3.81. The van der Waals surface area contributed by atoms with Crippen molar-refractivity contribution >= 4 is 17.1 Å². The van der Waals surface area contributed by atoms with E-state index in [0.717, 1.165) is 32.7 Å². The molecule has 0 saturated carbocycles. The van der Waals surface area contributed by atoms with Crippen molar-refractivity contribution in [1.29, 1.82) is 0 Å². The third-order valence-corrected chi connectivity index (χ3v) is 5.39. The molecule has 2 aromatic rings. The molecule has 0 N–H and O–H groups in total. The number of benzene rings is 2. The molecule has 2 aromatic carbocycles. The van der Waals surface area contributed by atoms with Crippen LogP contribution in [-0.2, 0) is 0 Å². The Bertz CT molecular complexity index is 694. The number of hydrazine groups is 1. The van der Waals surface area contributed by atoms with Crippen molar-refractivity contribution in [2.24, 2.45) is 0 Å². The molecule has 1 fully saturated rings. The Kier molecular flexibility index (Phi) is 4.53. The summed E-state index contributed by atoms with van der Waals surface area (Å²) < 4.78 is 0. The van der Waals surface area contributed by atoms with Gasteiger partial charge in [0.2, 0.25) is 0 Å². The van der Waals surface area contributed by atoms with Crippen LogP contribution in [0.1, 0.15) is 20.3 Å². The maximum Gasteiger partial charge on any atom is 0.114 e. The molecule has 4 nitrogen and oxygen atoms in total. The Morgan fingerprint density at radius 3 is 2.16 bits per heavy atom. The summed E-state index contributed by atoms with van der Waals surface area (Å²) >= 11 is 0. The van der Waals surface area contributed by atoms with E-state index in [1.165, 1.54) is 23.5 Å². The minimum atomic E-state index is 0.389. The molecule has 0 aliphatic carbocycles. The van der Waals surface area contributed by atoms with Crippen LogP contribution < -0.4 is 14.8 Å². The number of anilines is 3. The van der Waals surface area contributed by atoms with Gasteiger partial charge in [-0.3, -0.25) is 5.01 Å². The Morgan fingerprint density at radius 1 is 0.840 bits per heavy atom. The quantitative estimate of drug-likeness (QED) is 0.842. The fraction of sp³-hybridized carbons (Fsp3) is 0.429. The first kappa shape index (κ1) is 16.3. The zero-order chi connectivity index (χ0) is 17.2. The number of rotatable bonds is 4. The summed E-state index contributed by atoms with van der Waals surface area (Å²) in [7, 11) is 0. The number of fused-ring (bicyclic) bond motifs is 1. The highest BCUT2D eigenvalue weighted by atomic mass is 15.7. The van der Waals surface area contributed by atoms with Crippen LogP contribution in [0, 0.1) is 0 Å². The van der Waals surface area contributed by atoms with E-state index in [1.807, 2.05) is 0 Å². The lowest BCUT2D eigenvalue weighted by Crippen LogP contribution is -2.57. The fourth-order valence-electron chi connectivity index (χ4n) is 4.18. The van der Waals surface area contributed by atoms with Gasteiger partial charge in [0.05, 0.1) is 11.4 Å². The molecule has 0 aromatic heterocycles. The minimum Gasteiger partial charge on any atom is -0.369 e. The van der Waals surface area contributed by atoms with Gasteiger partial charge >= 0.3 is 0 Å². The fourth-order valence-corrected chi connectivity index (χ4v) is 4.18. The molecule has 2 aliphatic heterocycles. The van der Waals surface area contributed by atoms with E-state index in [4.69, 9.17) is 0 Å². The second-order valence-corrected chi connectivity index (χ2v) is 6.93. The highest BCUT2D eigenvalue weighted by Gasteiger charge is 2.36. The molecule has 1 atom stereocenters. The molecule has 0 bridgehead atoms. The highest BCUT2D eigenvalue weighted by molar-refractivity contribution is 5.76. The van der Waals surface area contributed by atoms with Crippen LogP contribution in [0.5, 0.6) is 0 Å². The average molecular weight is 336 g/mol. The molecule has 1 unspecified atom stereocenters. The van der Waals surface area contributed by atoms with Gasteiger partial charge in [-0.05, 0) is 37.6 Å². The van der Waals surface area contributed by atoms with Gasteiger partial charge in [0.1, 0.15) is 6.17 Å². The van der Waals surface area contributed by atoms with Crippen LogP contribution >= 0.6 is 0 Å². The second-order valence-electron chi connectivity index (χ2n) is 6.93. The van der Waals surface area contributed by atoms with Gasteiger partial charge in [0.15, 0.2) is 0 Å². The molecule has 25 heavy (non-hydrogen) atoms. The summed E-state index contributed by atoms with van der Waals surface area (Å²) in [6.45, 7) is 9.97. The Morgan fingerprint density at radius 2 is 1.48 bits per heavy atom. The van der Waals surface area contributed by atoms with Gasteiger partial charge in [-0.25, -0.2) is 5.01 Å². The summed E-state index contributed by atoms with van der Waals surface area (Å²) in [5.41, 5.74) is 4.07. The summed E-state index contributed by atoms with van der Waals surface area (Å²) in [6.07, 6.45) is 1.56. The molecular formula is C21H28N4. The first-order valence-corrected chi connectivity index (χ1v) is 9.49. The van der Waals surface area contributed by atoms with E-state index >= 15 is 0 Å². The third kappa shape index (κ3) is 2.95. The van der Waals surface area contributed by atoms with Gasteiger partial charge in [0, 0.05) is 38.4 Å². The summed E-state index contributed by atoms with van der Waals surface area (Å²) in [5, 5.41) is 5.06. The lowest BCUT2D eigenvalue weighted by molar-refractivity contribution is 0.219. The molecule has 2 heterocycles. The molecule has 0 amide bonds. The number of para-hydroxylation sites is 3. The maximum atomic E-state index is 2.54. The van der Waals surface area contributed by atoms with E-state index in [0.29, 0.717) is 6.17 Å². The molecular weight excluding hydrogens is 308 g/mol. The molecule has 4 rings (SSSR count). The van der Waals surface area contributed by atoms with Crippen molar-refractivity contribution in [2.75, 3.05) is 47.5 Å². The number of hydrogen-bond acceptors (Lipinski definition) is 4. The summed E-state index contributed by atoms with van der Waals surface area (Å²) in [6, 6.07) is 19.6. The first-order valence-electron chi connectivity index (χ1n) is 9.49. The Labute approximate surface area is 151 Å². The standard InChI is InChI=1S/C21H28N4/c1-3-13-24-18(2)25(21-12-8-7-11-20(21)24)23-16-14-22(15-17-23)19-9-5-4-6-10-19/h4-12,18H,3,13-17H2,1-2H3.